The maximum absolute atomic E-state index is 12.1. The molecule has 2 amide bonds. The van der Waals surface area contributed by atoms with Crippen LogP contribution in [0.25, 0.3) is 0 Å². The summed E-state index contributed by atoms with van der Waals surface area (Å²) in [7, 11) is 1.46. The first-order chi connectivity index (χ1) is 12.0. The molecule has 0 aliphatic rings. The van der Waals surface area contributed by atoms with Gasteiger partial charge in [0.05, 0.1) is 18.4 Å². The normalized spacial score (nSPS) is 10.2. The fraction of sp³-hybridized carbons (Fsp3) is 0.222. The summed E-state index contributed by atoms with van der Waals surface area (Å²) in [5.74, 6) is 0.576. The topological polar surface area (TPSA) is 67.4 Å². The molecule has 0 unspecified atom stereocenters. The fourth-order valence-electron chi connectivity index (χ4n) is 2.11. The molecule has 2 rings (SSSR count). The number of nitrogens with one attached hydrogen (secondary N) is 2. The molecule has 0 saturated heterocycles. The summed E-state index contributed by atoms with van der Waals surface area (Å²) in [6.45, 7) is 2.04. The molecule has 0 aromatic heterocycles. The summed E-state index contributed by atoms with van der Waals surface area (Å²) in [5, 5.41) is 0.408. The highest BCUT2D eigenvalue weighted by Gasteiger charge is 2.13. The summed E-state index contributed by atoms with van der Waals surface area (Å²) in [4.78, 5) is 24.0. The number of aryl methyl sites for hydroxylation is 1. The van der Waals surface area contributed by atoms with E-state index < -0.39 is 5.91 Å². The van der Waals surface area contributed by atoms with Gasteiger partial charge in [-0.1, -0.05) is 35.9 Å². The van der Waals surface area contributed by atoms with Crippen molar-refractivity contribution in [2.75, 3.05) is 12.9 Å². The van der Waals surface area contributed by atoms with Gasteiger partial charge in [0.15, 0.2) is 0 Å². The Balaban J connectivity index is 1.81. The van der Waals surface area contributed by atoms with Gasteiger partial charge in [0.2, 0.25) is 5.91 Å². The zero-order chi connectivity index (χ0) is 18.2. The summed E-state index contributed by atoms with van der Waals surface area (Å²) in [5.41, 5.74) is 7.40. The second kappa shape index (κ2) is 9.34. The molecule has 0 radical (unpaired) electrons. The van der Waals surface area contributed by atoms with E-state index in [1.165, 1.54) is 36.1 Å². The number of carbonyl (C=O) groups excluding carboxylic acids is 2. The van der Waals surface area contributed by atoms with Crippen molar-refractivity contribution in [2.24, 2.45) is 0 Å². The summed E-state index contributed by atoms with van der Waals surface area (Å²) in [6, 6.07) is 12.7. The molecule has 5 nitrogen and oxygen atoms in total. The lowest BCUT2D eigenvalue weighted by atomic mass is 10.1. The Kier molecular flexibility index (Phi) is 7.16. The van der Waals surface area contributed by atoms with E-state index in [1.807, 2.05) is 31.2 Å². The zero-order valence-corrected chi connectivity index (χ0v) is 15.5. The lowest BCUT2D eigenvalue weighted by Crippen LogP contribution is -2.42. The lowest BCUT2D eigenvalue weighted by Gasteiger charge is -2.11. The largest absolute Gasteiger partial charge is 0.496 e. The van der Waals surface area contributed by atoms with Crippen molar-refractivity contribution in [3.05, 3.63) is 64.2 Å². The van der Waals surface area contributed by atoms with Crippen LogP contribution in [0, 0.1) is 6.92 Å². The maximum atomic E-state index is 12.1. The van der Waals surface area contributed by atoms with Crippen LogP contribution >= 0.6 is 23.4 Å². The Morgan fingerprint density at radius 1 is 1.16 bits per heavy atom. The number of amides is 2. The Hall–Kier alpha value is -2.18. The number of hydrogen-bond acceptors (Lipinski definition) is 4. The van der Waals surface area contributed by atoms with E-state index in [0.717, 1.165) is 5.75 Å². The minimum absolute atomic E-state index is 0.237. The van der Waals surface area contributed by atoms with Gasteiger partial charge in [-0.2, -0.15) is 0 Å². The standard InChI is InChI=1S/C18H19ClN2O3S/c1-12-5-3-4-6-13(12)10-25-11-17(22)20-21-18(23)15-9-14(19)7-8-16(15)24-2/h3-9H,10-11H2,1-2H3,(H,20,22)(H,21,23). The first-order valence-corrected chi connectivity index (χ1v) is 9.09. The number of methoxy groups -OCH3 is 1. The van der Waals surface area contributed by atoms with Gasteiger partial charge >= 0.3 is 0 Å². The number of halogens is 1. The van der Waals surface area contributed by atoms with Crippen molar-refractivity contribution in [1.29, 1.82) is 0 Å². The molecule has 2 aromatic carbocycles. The van der Waals surface area contributed by atoms with Crippen molar-refractivity contribution in [1.82, 2.24) is 10.9 Å². The van der Waals surface area contributed by atoms with Gasteiger partial charge in [0.1, 0.15) is 5.75 Å². The van der Waals surface area contributed by atoms with Crippen LogP contribution < -0.4 is 15.6 Å². The van der Waals surface area contributed by atoms with Crippen molar-refractivity contribution in [3.63, 3.8) is 0 Å². The number of benzene rings is 2. The van der Waals surface area contributed by atoms with Crippen LogP contribution in [0.3, 0.4) is 0 Å². The van der Waals surface area contributed by atoms with Gasteiger partial charge in [0, 0.05) is 10.8 Å². The molecule has 25 heavy (non-hydrogen) atoms. The van der Waals surface area contributed by atoms with E-state index >= 15 is 0 Å². The quantitative estimate of drug-likeness (QED) is 0.756. The van der Waals surface area contributed by atoms with Crippen LogP contribution in [0.2, 0.25) is 5.02 Å². The molecule has 7 heteroatoms. The van der Waals surface area contributed by atoms with E-state index in [4.69, 9.17) is 16.3 Å². The third-order valence-corrected chi connectivity index (χ3v) is 4.69. The summed E-state index contributed by atoms with van der Waals surface area (Å²) < 4.78 is 5.12. The van der Waals surface area contributed by atoms with Gasteiger partial charge in [-0.25, -0.2) is 0 Å². The highest BCUT2D eigenvalue weighted by atomic mass is 35.5. The Bertz CT molecular complexity index is 768. The SMILES string of the molecule is COc1ccc(Cl)cc1C(=O)NNC(=O)CSCc1ccccc1C. The molecule has 0 aliphatic heterocycles. The first-order valence-electron chi connectivity index (χ1n) is 7.56. The number of hydrazine groups is 1. The number of hydrogen-bond donors (Lipinski definition) is 2. The van der Waals surface area contributed by atoms with Crippen LogP contribution in [0.5, 0.6) is 5.75 Å². The first kappa shape index (κ1) is 19.1. The second-order valence-electron chi connectivity index (χ2n) is 5.27. The molecule has 0 saturated carbocycles. The molecular formula is C18H19ClN2O3S. The third-order valence-electron chi connectivity index (χ3n) is 3.47. The van der Waals surface area contributed by atoms with Gasteiger partial charge in [-0.15, -0.1) is 11.8 Å². The van der Waals surface area contributed by atoms with Crippen LogP contribution in [-0.2, 0) is 10.5 Å². The molecular weight excluding hydrogens is 360 g/mol. The predicted octanol–water partition coefficient (Wildman–Crippen LogP) is 3.35. The zero-order valence-electron chi connectivity index (χ0n) is 14.0. The number of thioether (sulfide) groups is 1. The Morgan fingerprint density at radius 2 is 1.92 bits per heavy atom. The molecule has 2 N–H and O–H groups in total. The van der Waals surface area contributed by atoms with E-state index in [-0.39, 0.29) is 17.2 Å². The van der Waals surface area contributed by atoms with Crippen molar-refractivity contribution >= 4 is 35.2 Å². The van der Waals surface area contributed by atoms with Gasteiger partial charge in [0.25, 0.3) is 5.91 Å². The molecule has 0 fully saturated rings. The van der Waals surface area contributed by atoms with Crippen LogP contribution in [0.15, 0.2) is 42.5 Å². The van der Waals surface area contributed by atoms with E-state index in [1.54, 1.807) is 12.1 Å². The second-order valence-corrected chi connectivity index (χ2v) is 6.69. The average molecular weight is 379 g/mol. The Morgan fingerprint density at radius 3 is 2.64 bits per heavy atom. The third kappa shape index (κ3) is 5.69. The monoisotopic (exact) mass is 378 g/mol. The maximum Gasteiger partial charge on any atom is 0.273 e. The minimum Gasteiger partial charge on any atom is -0.496 e. The van der Waals surface area contributed by atoms with E-state index in [9.17, 15) is 9.59 Å². The molecule has 0 aliphatic carbocycles. The van der Waals surface area contributed by atoms with Crippen molar-refractivity contribution in [2.45, 2.75) is 12.7 Å². The predicted molar refractivity (Wildman–Crippen MR) is 101 cm³/mol. The minimum atomic E-state index is -0.489. The van der Waals surface area contributed by atoms with Crippen LogP contribution in [0.1, 0.15) is 21.5 Å². The van der Waals surface area contributed by atoms with Gasteiger partial charge < -0.3 is 4.74 Å². The van der Waals surface area contributed by atoms with Gasteiger partial charge in [-0.3, -0.25) is 20.4 Å². The Labute approximate surface area is 156 Å². The van der Waals surface area contributed by atoms with Crippen LogP contribution in [-0.4, -0.2) is 24.7 Å². The lowest BCUT2D eigenvalue weighted by molar-refractivity contribution is -0.119. The molecule has 0 spiro atoms. The molecule has 2 aromatic rings. The number of rotatable bonds is 6. The van der Waals surface area contributed by atoms with E-state index in [0.29, 0.717) is 10.8 Å². The molecule has 132 valence electrons. The molecule has 0 bridgehead atoms. The highest BCUT2D eigenvalue weighted by Crippen LogP contribution is 2.22. The fourth-order valence-corrected chi connectivity index (χ4v) is 3.19. The smallest absolute Gasteiger partial charge is 0.273 e. The van der Waals surface area contributed by atoms with Crippen molar-refractivity contribution in [3.8, 4) is 5.75 Å². The summed E-state index contributed by atoms with van der Waals surface area (Å²) in [6.07, 6.45) is 0. The van der Waals surface area contributed by atoms with Crippen LogP contribution in [0.4, 0.5) is 0 Å². The molecule has 0 atom stereocenters. The van der Waals surface area contributed by atoms with Gasteiger partial charge in [-0.05, 0) is 36.2 Å². The number of ether oxygens (including phenoxy) is 1. The average Bonchev–Trinajstić information content (AvgIpc) is 2.61. The molecule has 0 heterocycles. The van der Waals surface area contributed by atoms with E-state index in [2.05, 4.69) is 10.9 Å². The summed E-state index contributed by atoms with van der Waals surface area (Å²) >= 11 is 7.37. The number of carbonyl (C=O) groups is 2. The highest BCUT2D eigenvalue weighted by molar-refractivity contribution is 7.99. The van der Waals surface area contributed by atoms with Crippen molar-refractivity contribution < 1.29 is 14.3 Å².